The van der Waals surface area contributed by atoms with Crippen LogP contribution in [0.2, 0.25) is 0 Å². The Bertz CT molecular complexity index is 1360. The van der Waals surface area contributed by atoms with Crippen LogP contribution >= 0.6 is 7.82 Å². The second-order valence-corrected chi connectivity index (χ2v) is 22.9. The summed E-state index contributed by atoms with van der Waals surface area (Å²) in [4.78, 5) is 39.9. The predicted molar refractivity (Wildman–Crippen MR) is 302 cm³/mol. The number of ether oxygens (including phenoxy) is 1. The highest BCUT2D eigenvalue weighted by Gasteiger charge is 2.27. The number of hydrogen-bond acceptors (Lipinski definition) is 7. The molecule has 0 aromatic rings. The summed E-state index contributed by atoms with van der Waals surface area (Å²) < 4.78 is 30.3. The number of likely N-dealkylation sites (N-methyl/N-ethyl adjacent to an activating group) is 1. The number of carbonyl (C=O) groups excluding carboxylic acids is 2. The van der Waals surface area contributed by atoms with Gasteiger partial charge in [0.2, 0.25) is 5.91 Å². The van der Waals surface area contributed by atoms with E-state index in [-0.39, 0.29) is 24.9 Å². The summed E-state index contributed by atoms with van der Waals surface area (Å²) in [5.41, 5.74) is 0. The third-order valence-electron chi connectivity index (χ3n) is 13.2. The van der Waals surface area contributed by atoms with E-state index >= 15 is 0 Å². The molecule has 0 rings (SSSR count). The van der Waals surface area contributed by atoms with Crippen molar-refractivity contribution in [3.63, 3.8) is 0 Å². The number of unbranched alkanes of at least 4 members (excludes halogenated alkanes) is 32. The molecule has 0 radical (unpaired) electrons. The molecule has 3 atom stereocenters. The van der Waals surface area contributed by atoms with Crippen LogP contribution in [0.25, 0.3) is 0 Å². The first-order valence-corrected chi connectivity index (χ1v) is 31.4. The lowest BCUT2D eigenvalue weighted by Gasteiger charge is -2.30. The molecule has 0 saturated heterocycles. The number of phosphoric acid groups is 1. The number of amides is 1. The Kier molecular flexibility index (Phi) is 50.0. The van der Waals surface area contributed by atoms with Crippen molar-refractivity contribution in [1.82, 2.24) is 5.32 Å². The predicted octanol–water partition coefficient (Wildman–Crippen LogP) is 17.5. The average molecular weight is 1020 g/mol. The van der Waals surface area contributed by atoms with Crippen LogP contribution in [0.1, 0.15) is 278 Å². The Morgan fingerprint density at radius 2 is 0.859 bits per heavy atom. The highest BCUT2D eigenvalue weighted by molar-refractivity contribution is 7.45. The first-order chi connectivity index (χ1) is 34.4. The summed E-state index contributed by atoms with van der Waals surface area (Å²) in [6.45, 7) is 6.81. The van der Waals surface area contributed by atoms with E-state index in [1.54, 1.807) is 0 Å². The quantitative estimate of drug-likeness (QED) is 0.0212. The molecule has 0 aliphatic rings. The average Bonchev–Trinajstić information content (AvgIpc) is 3.33. The Labute approximate surface area is 439 Å². The highest BCUT2D eigenvalue weighted by atomic mass is 31.2. The van der Waals surface area contributed by atoms with Gasteiger partial charge in [0, 0.05) is 12.8 Å². The molecule has 0 spiro atoms. The first kappa shape index (κ1) is 69.0. The van der Waals surface area contributed by atoms with Crippen LogP contribution in [0.15, 0.2) is 48.6 Å². The number of nitrogens with zero attached hydrogens (tertiary/aromatic N) is 1. The van der Waals surface area contributed by atoms with Gasteiger partial charge in [0.15, 0.2) is 0 Å². The monoisotopic (exact) mass is 1020 g/mol. The van der Waals surface area contributed by atoms with Crippen molar-refractivity contribution >= 4 is 19.7 Å². The number of hydrogen-bond donors (Lipinski definition) is 1. The van der Waals surface area contributed by atoms with Crippen molar-refractivity contribution in [1.29, 1.82) is 0 Å². The molecule has 0 aromatic heterocycles. The van der Waals surface area contributed by atoms with E-state index in [1.807, 2.05) is 33.3 Å². The van der Waals surface area contributed by atoms with Gasteiger partial charge in [-0.15, -0.1) is 0 Å². The normalized spacial score (nSPS) is 14.1. The molecule has 9 nitrogen and oxygen atoms in total. The molecule has 0 aromatic carbocycles. The van der Waals surface area contributed by atoms with Gasteiger partial charge in [0.1, 0.15) is 19.3 Å². The lowest BCUT2D eigenvalue weighted by Crippen LogP contribution is -2.47. The third kappa shape index (κ3) is 52.6. The van der Waals surface area contributed by atoms with Crippen molar-refractivity contribution in [2.75, 3.05) is 40.9 Å². The van der Waals surface area contributed by atoms with Gasteiger partial charge in [-0.3, -0.25) is 14.2 Å². The maximum atomic E-state index is 13.5. The van der Waals surface area contributed by atoms with Crippen LogP contribution in [0.3, 0.4) is 0 Å². The summed E-state index contributed by atoms with van der Waals surface area (Å²) in [5, 5.41) is 3.02. The maximum absolute atomic E-state index is 13.5. The fourth-order valence-electron chi connectivity index (χ4n) is 8.55. The Morgan fingerprint density at radius 3 is 1.32 bits per heavy atom. The van der Waals surface area contributed by atoms with E-state index in [9.17, 15) is 19.0 Å². The number of rotatable bonds is 54. The van der Waals surface area contributed by atoms with Gasteiger partial charge in [0.25, 0.3) is 7.82 Å². The third-order valence-corrected chi connectivity index (χ3v) is 14.2. The second kappa shape index (κ2) is 51.5. The van der Waals surface area contributed by atoms with E-state index in [0.717, 1.165) is 77.0 Å². The van der Waals surface area contributed by atoms with Crippen LogP contribution in [-0.4, -0.2) is 69.4 Å². The van der Waals surface area contributed by atoms with Crippen LogP contribution < -0.4 is 10.2 Å². The number of allylic oxidation sites excluding steroid dienone is 7. The molecule has 10 heteroatoms. The summed E-state index contributed by atoms with van der Waals surface area (Å²) in [6, 6.07) is -0.890. The lowest BCUT2D eigenvalue weighted by atomic mass is 10.0. The molecule has 1 amide bonds. The fourth-order valence-corrected chi connectivity index (χ4v) is 9.27. The maximum Gasteiger partial charge on any atom is 0.306 e. The Morgan fingerprint density at radius 1 is 0.493 bits per heavy atom. The van der Waals surface area contributed by atoms with E-state index in [0.29, 0.717) is 17.4 Å². The molecule has 0 aliphatic heterocycles. The summed E-state index contributed by atoms with van der Waals surface area (Å²) in [5.74, 6) is -0.546. The van der Waals surface area contributed by atoms with Crippen LogP contribution in [0.4, 0.5) is 0 Å². The zero-order valence-electron chi connectivity index (χ0n) is 47.4. The van der Waals surface area contributed by atoms with E-state index in [4.69, 9.17) is 13.8 Å². The fraction of sp³-hybridized carbons (Fsp3) is 0.836. The molecule has 71 heavy (non-hydrogen) atoms. The van der Waals surface area contributed by atoms with Crippen LogP contribution in [0, 0.1) is 0 Å². The van der Waals surface area contributed by atoms with Crippen molar-refractivity contribution < 1.29 is 37.3 Å². The molecule has 0 heterocycles. The van der Waals surface area contributed by atoms with Crippen LogP contribution in [-0.2, 0) is 27.9 Å². The first-order valence-electron chi connectivity index (χ1n) is 29.9. The Hall–Kier alpha value is -2.03. The number of phosphoric ester groups is 1. The van der Waals surface area contributed by atoms with E-state index in [1.165, 1.54) is 167 Å². The molecule has 0 fully saturated rings. The van der Waals surface area contributed by atoms with Gasteiger partial charge in [-0.1, -0.05) is 224 Å². The zero-order valence-corrected chi connectivity index (χ0v) is 48.3. The molecular formula is C61H115N2O7P. The van der Waals surface area contributed by atoms with Gasteiger partial charge in [0.05, 0.1) is 33.8 Å². The molecule has 416 valence electrons. The molecule has 0 bridgehead atoms. The van der Waals surface area contributed by atoms with E-state index < -0.39 is 26.6 Å². The molecule has 3 unspecified atom stereocenters. The lowest BCUT2D eigenvalue weighted by molar-refractivity contribution is -0.870. The van der Waals surface area contributed by atoms with Crippen molar-refractivity contribution in [2.24, 2.45) is 0 Å². The summed E-state index contributed by atoms with van der Waals surface area (Å²) in [6.07, 6.45) is 62.1. The second-order valence-electron chi connectivity index (χ2n) is 21.5. The number of quaternary nitrogens is 1. The minimum absolute atomic E-state index is 0.0236. The van der Waals surface area contributed by atoms with Gasteiger partial charge in [-0.2, -0.15) is 0 Å². The zero-order chi connectivity index (χ0) is 52.2. The van der Waals surface area contributed by atoms with Crippen molar-refractivity contribution in [3.8, 4) is 0 Å². The Balaban J connectivity index is 5.25. The summed E-state index contributed by atoms with van der Waals surface area (Å²) in [7, 11) is 1.18. The standard InChI is InChI=1S/C61H115N2O7P/c1-7-10-13-16-19-22-25-27-29-30-31-32-34-36-39-42-45-48-51-54-61(65)70-59(52-49-46-43-40-37-24-21-18-15-12-9-3)58(57-69-71(66,67)68-56-55-63(4,5)6)62-60(64)53-50-47-44-41-38-35-33-28-26-23-20-17-14-11-8-2/h19,22-23,26-27,29,49,52,58-59H,7-18,20-21,24-25,28,30-48,50-51,53-57H2,1-6H3,(H-,62,64,66,67)/b22-19-,26-23-,29-27-,52-49+. The van der Waals surface area contributed by atoms with Gasteiger partial charge in [-0.05, 0) is 89.5 Å². The van der Waals surface area contributed by atoms with E-state index in [2.05, 4.69) is 62.5 Å². The largest absolute Gasteiger partial charge is 0.756 e. The molecular weight excluding hydrogens is 904 g/mol. The number of carbonyl (C=O) groups is 2. The van der Waals surface area contributed by atoms with Crippen molar-refractivity contribution in [3.05, 3.63) is 48.6 Å². The van der Waals surface area contributed by atoms with Crippen LogP contribution in [0.5, 0.6) is 0 Å². The van der Waals surface area contributed by atoms with Gasteiger partial charge in [-0.25, -0.2) is 0 Å². The molecule has 1 N–H and O–H groups in total. The number of nitrogens with one attached hydrogen (secondary N) is 1. The van der Waals surface area contributed by atoms with Gasteiger partial charge < -0.3 is 28.5 Å². The number of esters is 1. The molecule has 0 aliphatic carbocycles. The topological polar surface area (TPSA) is 114 Å². The summed E-state index contributed by atoms with van der Waals surface area (Å²) >= 11 is 0. The van der Waals surface area contributed by atoms with Gasteiger partial charge >= 0.3 is 5.97 Å². The molecule has 0 saturated carbocycles. The SMILES string of the molecule is CCCCC/C=C\C/C=C\CCCCCCCCCCCC(=O)OC(/C=C/CCCCCCCCCCC)C(COP(=O)([O-])OCC[N+](C)(C)C)NC(=O)CCCCCCCCC/C=C\CCCCCC. The minimum atomic E-state index is -4.69. The van der Waals surface area contributed by atoms with Crippen molar-refractivity contribution in [2.45, 2.75) is 290 Å². The highest BCUT2D eigenvalue weighted by Crippen LogP contribution is 2.38. The minimum Gasteiger partial charge on any atom is -0.756 e. The smallest absolute Gasteiger partial charge is 0.306 e.